The summed E-state index contributed by atoms with van der Waals surface area (Å²) in [5, 5.41) is 0. The lowest BCUT2D eigenvalue weighted by Crippen LogP contribution is -2.20. The molecule has 0 saturated heterocycles. The first-order chi connectivity index (χ1) is 9.21. The summed E-state index contributed by atoms with van der Waals surface area (Å²) in [7, 11) is 0. The molecule has 114 valence electrons. The Balaban J connectivity index is 0.00000172. The van der Waals surface area contributed by atoms with Gasteiger partial charge >= 0.3 is 6.18 Å². The molecule has 4 heteroatoms. The van der Waals surface area contributed by atoms with Gasteiger partial charge in [0.1, 0.15) is 5.78 Å². The van der Waals surface area contributed by atoms with E-state index in [0.717, 1.165) is 17.7 Å². The third-order valence-corrected chi connectivity index (χ3v) is 3.06. The van der Waals surface area contributed by atoms with Gasteiger partial charge in [-0.1, -0.05) is 39.8 Å². The van der Waals surface area contributed by atoms with Gasteiger partial charge in [0.15, 0.2) is 0 Å². The first kappa shape index (κ1) is 18.7. The predicted molar refractivity (Wildman–Crippen MR) is 75.5 cm³/mol. The molecule has 1 aromatic carbocycles. The molecule has 1 aromatic rings. The minimum atomic E-state index is -4.31. The zero-order valence-electron chi connectivity index (χ0n) is 12.7. The topological polar surface area (TPSA) is 17.1 Å². The molecule has 0 amide bonds. The van der Waals surface area contributed by atoms with E-state index in [1.54, 1.807) is 0 Å². The van der Waals surface area contributed by atoms with Gasteiger partial charge < -0.3 is 0 Å². The number of ketones is 1. The quantitative estimate of drug-likeness (QED) is 0.750. The molecule has 0 bridgehead atoms. The van der Waals surface area contributed by atoms with Gasteiger partial charge in [-0.05, 0) is 37.0 Å². The Morgan fingerprint density at radius 2 is 1.55 bits per heavy atom. The number of benzene rings is 1. The van der Waals surface area contributed by atoms with E-state index in [2.05, 4.69) is 0 Å². The monoisotopic (exact) mass is 288 g/mol. The van der Waals surface area contributed by atoms with Crippen LogP contribution >= 0.6 is 0 Å². The molecule has 1 atom stereocenters. The van der Waals surface area contributed by atoms with E-state index in [9.17, 15) is 18.0 Å². The van der Waals surface area contributed by atoms with Crippen LogP contribution in [0.25, 0.3) is 0 Å². The van der Waals surface area contributed by atoms with Crippen molar-refractivity contribution in [2.75, 3.05) is 0 Å². The largest absolute Gasteiger partial charge is 0.416 e. The SMILES string of the molecule is CC.CC(=O)C(Cc1ccc(C(F)(F)F)cc1)C(C)C. The van der Waals surface area contributed by atoms with Crippen molar-refractivity contribution in [2.45, 2.75) is 47.2 Å². The summed E-state index contributed by atoms with van der Waals surface area (Å²) in [5.41, 5.74) is 0.104. The molecule has 0 aromatic heterocycles. The summed E-state index contributed by atoms with van der Waals surface area (Å²) in [6.07, 6.45) is -3.82. The van der Waals surface area contributed by atoms with Crippen molar-refractivity contribution >= 4 is 5.78 Å². The van der Waals surface area contributed by atoms with E-state index in [4.69, 9.17) is 0 Å². The first-order valence-corrected chi connectivity index (χ1v) is 6.88. The summed E-state index contributed by atoms with van der Waals surface area (Å²) in [4.78, 5) is 11.4. The molecule has 0 saturated carbocycles. The molecule has 0 N–H and O–H groups in total. The van der Waals surface area contributed by atoms with Crippen LogP contribution in [0.1, 0.15) is 45.7 Å². The summed E-state index contributed by atoms with van der Waals surface area (Å²) < 4.78 is 37.2. The molecule has 1 nitrogen and oxygen atoms in total. The maximum atomic E-state index is 12.4. The van der Waals surface area contributed by atoms with Crippen LogP contribution in [0.15, 0.2) is 24.3 Å². The second-order valence-electron chi connectivity index (χ2n) is 4.86. The van der Waals surface area contributed by atoms with E-state index in [0.29, 0.717) is 6.42 Å². The van der Waals surface area contributed by atoms with Crippen LogP contribution in [0.4, 0.5) is 13.2 Å². The highest BCUT2D eigenvalue weighted by molar-refractivity contribution is 5.78. The average molecular weight is 288 g/mol. The molecule has 0 spiro atoms. The van der Waals surface area contributed by atoms with Gasteiger partial charge in [0, 0.05) is 5.92 Å². The Hall–Kier alpha value is -1.32. The van der Waals surface area contributed by atoms with Crippen LogP contribution in [-0.4, -0.2) is 5.78 Å². The second-order valence-corrected chi connectivity index (χ2v) is 4.86. The van der Waals surface area contributed by atoms with Gasteiger partial charge in [0.2, 0.25) is 0 Å². The molecule has 0 heterocycles. The van der Waals surface area contributed by atoms with Crippen molar-refractivity contribution in [3.8, 4) is 0 Å². The van der Waals surface area contributed by atoms with Crippen molar-refractivity contribution < 1.29 is 18.0 Å². The Labute approximate surface area is 119 Å². The molecule has 0 aliphatic carbocycles. The summed E-state index contributed by atoms with van der Waals surface area (Å²) >= 11 is 0. The first-order valence-electron chi connectivity index (χ1n) is 6.88. The van der Waals surface area contributed by atoms with E-state index in [1.165, 1.54) is 19.1 Å². The Kier molecular flexibility index (Phi) is 7.54. The summed E-state index contributed by atoms with van der Waals surface area (Å²) in [6.45, 7) is 9.40. The Morgan fingerprint density at radius 3 is 1.85 bits per heavy atom. The third-order valence-electron chi connectivity index (χ3n) is 3.06. The van der Waals surface area contributed by atoms with E-state index in [1.807, 2.05) is 27.7 Å². The zero-order valence-corrected chi connectivity index (χ0v) is 12.7. The molecular formula is C16H23F3O. The summed E-state index contributed by atoms with van der Waals surface area (Å²) in [6, 6.07) is 5.02. The van der Waals surface area contributed by atoms with Gasteiger partial charge in [0.05, 0.1) is 5.56 Å². The van der Waals surface area contributed by atoms with Crippen LogP contribution in [0, 0.1) is 11.8 Å². The van der Waals surface area contributed by atoms with Gasteiger partial charge in [-0.15, -0.1) is 0 Å². The maximum absolute atomic E-state index is 12.4. The molecule has 0 radical (unpaired) electrons. The van der Waals surface area contributed by atoms with Crippen molar-refractivity contribution in [2.24, 2.45) is 11.8 Å². The fraction of sp³-hybridized carbons (Fsp3) is 0.562. The number of Topliss-reactive ketones (excluding diaryl/α,β-unsaturated/α-hetero) is 1. The van der Waals surface area contributed by atoms with Crippen molar-refractivity contribution in [3.63, 3.8) is 0 Å². The third kappa shape index (κ3) is 5.76. The predicted octanol–water partition coefficient (Wildman–Crippen LogP) is 5.14. The number of hydrogen-bond acceptors (Lipinski definition) is 1. The minimum Gasteiger partial charge on any atom is -0.300 e. The normalized spacial score (nSPS) is 12.7. The number of halogens is 3. The molecule has 1 rings (SSSR count). The van der Waals surface area contributed by atoms with Crippen molar-refractivity contribution in [1.29, 1.82) is 0 Å². The number of carbonyl (C=O) groups excluding carboxylic acids is 1. The van der Waals surface area contributed by atoms with E-state index in [-0.39, 0.29) is 17.6 Å². The average Bonchev–Trinajstić information content (AvgIpc) is 2.37. The Morgan fingerprint density at radius 1 is 1.10 bits per heavy atom. The van der Waals surface area contributed by atoms with Crippen LogP contribution in [0.5, 0.6) is 0 Å². The Bertz CT molecular complexity index is 405. The fourth-order valence-electron chi connectivity index (χ4n) is 1.93. The highest BCUT2D eigenvalue weighted by atomic mass is 19.4. The molecule has 1 unspecified atom stereocenters. The van der Waals surface area contributed by atoms with Gasteiger partial charge in [-0.3, -0.25) is 4.79 Å². The lowest BCUT2D eigenvalue weighted by molar-refractivity contribution is -0.137. The lowest BCUT2D eigenvalue weighted by atomic mass is 9.86. The standard InChI is InChI=1S/C14H17F3O.C2H6/c1-9(2)13(10(3)18)8-11-4-6-12(7-5-11)14(15,16)17;1-2/h4-7,9,13H,8H2,1-3H3;1-2H3. The van der Waals surface area contributed by atoms with Gasteiger partial charge in [-0.2, -0.15) is 13.2 Å². The van der Waals surface area contributed by atoms with E-state index >= 15 is 0 Å². The molecule has 0 aliphatic heterocycles. The fourth-order valence-corrected chi connectivity index (χ4v) is 1.93. The van der Waals surface area contributed by atoms with Crippen molar-refractivity contribution in [1.82, 2.24) is 0 Å². The van der Waals surface area contributed by atoms with Gasteiger partial charge in [-0.25, -0.2) is 0 Å². The van der Waals surface area contributed by atoms with E-state index < -0.39 is 11.7 Å². The van der Waals surface area contributed by atoms with Crippen LogP contribution in [0.3, 0.4) is 0 Å². The molecular weight excluding hydrogens is 265 g/mol. The van der Waals surface area contributed by atoms with Crippen LogP contribution < -0.4 is 0 Å². The number of carbonyl (C=O) groups is 1. The number of hydrogen-bond donors (Lipinski definition) is 0. The molecule has 20 heavy (non-hydrogen) atoms. The molecule has 0 aliphatic rings. The van der Waals surface area contributed by atoms with Crippen LogP contribution in [0.2, 0.25) is 0 Å². The summed E-state index contributed by atoms with van der Waals surface area (Å²) in [5.74, 6) is 0.122. The lowest BCUT2D eigenvalue weighted by Gasteiger charge is -2.18. The number of rotatable bonds is 4. The zero-order chi connectivity index (χ0) is 15.9. The second kappa shape index (κ2) is 8.08. The van der Waals surface area contributed by atoms with Crippen LogP contribution in [-0.2, 0) is 17.4 Å². The van der Waals surface area contributed by atoms with Gasteiger partial charge in [0.25, 0.3) is 0 Å². The maximum Gasteiger partial charge on any atom is 0.416 e. The smallest absolute Gasteiger partial charge is 0.300 e. The van der Waals surface area contributed by atoms with Crippen molar-refractivity contribution in [3.05, 3.63) is 35.4 Å². The highest BCUT2D eigenvalue weighted by Gasteiger charge is 2.30. The highest BCUT2D eigenvalue weighted by Crippen LogP contribution is 2.29. The number of alkyl halides is 3. The molecule has 0 fully saturated rings. The minimum absolute atomic E-state index is 0.0740.